The van der Waals surface area contributed by atoms with E-state index in [0.29, 0.717) is 12.8 Å². The van der Waals surface area contributed by atoms with E-state index in [2.05, 4.69) is 0 Å². The molecular formula is C20H38N2O10. The average Bonchev–Trinajstić information content (AvgIpc) is 2.76. The maximum Gasteiger partial charge on any atom is 0.186 e. The Bertz CT molecular complexity index is 613. The Balaban J connectivity index is 1.80. The van der Waals surface area contributed by atoms with E-state index in [0.717, 1.165) is 0 Å². The lowest BCUT2D eigenvalue weighted by Gasteiger charge is -2.51. The molecule has 12 heteroatoms. The van der Waals surface area contributed by atoms with Gasteiger partial charge in [0.15, 0.2) is 6.29 Å². The van der Waals surface area contributed by atoms with Gasteiger partial charge in [-0.1, -0.05) is 13.8 Å². The lowest BCUT2D eigenvalue weighted by atomic mass is 9.69. The Morgan fingerprint density at radius 3 is 2.09 bits per heavy atom. The van der Waals surface area contributed by atoms with Crippen molar-refractivity contribution in [2.45, 2.75) is 106 Å². The first kappa shape index (κ1) is 26.1. The van der Waals surface area contributed by atoms with Crippen LogP contribution in [0.25, 0.3) is 0 Å². The third-order valence-corrected chi connectivity index (χ3v) is 7.21. The molecule has 3 fully saturated rings. The summed E-state index contributed by atoms with van der Waals surface area (Å²) in [5.74, 6) is -0.939. The van der Waals surface area contributed by atoms with Crippen LogP contribution in [0.3, 0.4) is 0 Å². The number of aliphatic hydroxyl groups is 7. The molecule has 0 aromatic carbocycles. The number of nitrogens with two attached hydrogens (primary N) is 2. The fraction of sp³-hybridized carbons (Fsp3) is 1.00. The summed E-state index contributed by atoms with van der Waals surface area (Å²) in [4.78, 5) is 0. The normalized spacial score (nSPS) is 55.0. The van der Waals surface area contributed by atoms with Crippen LogP contribution in [0.5, 0.6) is 0 Å². The molecule has 2 saturated heterocycles. The molecule has 32 heavy (non-hydrogen) atoms. The second-order valence-corrected chi connectivity index (χ2v) is 9.35. The summed E-state index contributed by atoms with van der Waals surface area (Å²) in [5.41, 5.74) is 12.1. The fourth-order valence-electron chi connectivity index (χ4n) is 5.25. The molecule has 0 aromatic heterocycles. The minimum absolute atomic E-state index is 0.231. The first-order chi connectivity index (χ1) is 15.0. The van der Waals surface area contributed by atoms with Crippen molar-refractivity contribution in [3.8, 4) is 0 Å². The lowest BCUT2D eigenvalue weighted by molar-refractivity contribution is -0.311. The Kier molecular flexibility index (Phi) is 8.51. The molecule has 1 saturated carbocycles. The first-order valence-corrected chi connectivity index (χ1v) is 11.2. The molecule has 11 N–H and O–H groups in total. The van der Waals surface area contributed by atoms with E-state index in [-0.39, 0.29) is 5.92 Å². The minimum atomic E-state index is -1.44. The van der Waals surface area contributed by atoms with E-state index in [1.807, 2.05) is 6.92 Å². The van der Waals surface area contributed by atoms with Crippen LogP contribution >= 0.6 is 0 Å². The SMILES string of the molecule is CCC1OC(C2C(C)CC(N)C(OC3OC(CO)C(O)C(N)C3O)C2O)C(O)C(O)C1O. The van der Waals surface area contributed by atoms with E-state index < -0.39 is 91.9 Å². The topological polar surface area (TPSA) is 221 Å². The second kappa shape index (κ2) is 10.4. The number of rotatable bonds is 5. The predicted octanol–water partition coefficient (Wildman–Crippen LogP) is -4.26. The Labute approximate surface area is 186 Å². The molecule has 15 atom stereocenters. The van der Waals surface area contributed by atoms with Crippen LogP contribution in [0, 0.1) is 11.8 Å². The summed E-state index contributed by atoms with van der Waals surface area (Å²) in [6.45, 7) is 3.05. The van der Waals surface area contributed by atoms with Crippen LogP contribution in [0.4, 0.5) is 0 Å². The highest BCUT2D eigenvalue weighted by Crippen LogP contribution is 2.40. The number of aliphatic hydroxyl groups excluding tert-OH is 7. The van der Waals surface area contributed by atoms with Gasteiger partial charge >= 0.3 is 0 Å². The highest BCUT2D eigenvalue weighted by atomic mass is 16.7. The maximum absolute atomic E-state index is 11.2. The van der Waals surface area contributed by atoms with E-state index in [9.17, 15) is 35.7 Å². The quantitative estimate of drug-likeness (QED) is 0.188. The molecule has 0 radical (unpaired) electrons. The molecular weight excluding hydrogens is 428 g/mol. The van der Waals surface area contributed by atoms with Crippen molar-refractivity contribution in [3.63, 3.8) is 0 Å². The molecule has 2 heterocycles. The van der Waals surface area contributed by atoms with Crippen LogP contribution in [0.15, 0.2) is 0 Å². The molecule has 188 valence electrons. The molecule has 0 spiro atoms. The van der Waals surface area contributed by atoms with Gasteiger partial charge in [-0.3, -0.25) is 0 Å². The monoisotopic (exact) mass is 466 g/mol. The average molecular weight is 467 g/mol. The van der Waals surface area contributed by atoms with Crippen LogP contribution in [0.2, 0.25) is 0 Å². The van der Waals surface area contributed by atoms with Gasteiger partial charge in [0, 0.05) is 12.0 Å². The van der Waals surface area contributed by atoms with Gasteiger partial charge in [0.1, 0.15) is 42.7 Å². The largest absolute Gasteiger partial charge is 0.394 e. The minimum Gasteiger partial charge on any atom is -0.394 e. The third kappa shape index (κ3) is 4.69. The summed E-state index contributed by atoms with van der Waals surface area (Å²) in [7, 11) is 0. The van der Waals surface area contributed by atoms with Crippen molar-refractivity contribution in [2.24, 2.45) is 23.3 Å². The molecule has 3 rings (SSSR count). The molecule has 2 aliphatic heterocycles. The Hall–Kier alpha value is -0.480. The first-order valence-electron chi connectivity index (χ1n) is 11.2. The molecule has 1 aliphatic carbocycles. The smallest absolute Gasteiger partial charge is 0.186 e. The highest BCUT2D eigenvalue weighted by molar-refractivity contribution is 5.03. The molecule has 15 unspecified atom stereocenters. The Morgan fingerprint density at radius 2 is 1.50 bits per heavy atom. The van der Waals surface area contributed by atoms with Crippen LogP contribution in [0.1, 0.15) is 26.7 Å². The van der Waals surface area contributed by atoms with Gasteiger partial charge < -0.3 is 61.4 Å². The van der Waals surface area contributed by atoms with E-state index in [1.165, 1.54) is 0 Å². The standard InChI is InChI=1S/C20H38N2O10/c1-3-8-13(25)16(28)17(29)19(30-8)10-6(2)4-7(21)18(14(10)26)32-20-15(27)11(22)12(24)9(5-23)31-20/h6-20,23-29H,3-5,21-22H2,1-2H3. The van der Waals surface area contributed by atoms with E-state index in [4.69, 9.17) is 25.7 Å². The van der Waals surface area contributed by atoms with E-state index in [1.54, 1.807) is 6.92 Å². The summed E-state index contributed by atoms with van der Waals surface area (Å²) >= 11 is 0. The molecule has 0 amide bonds. The third-order valence-electron chi connectivity index (χ3n) is 7.21. The number of hydrogen-bond donors (Lipinski definition) is 9. The number of hydrogen-bond acceptors (Lipinski definition) is 12. The lowest BCUT2D eigenvalue weighted by Crippen LogP contribution is -2.67. The van der Waals surface area contributed by atoms with Gasteiger partial charge in [0.2, 0.25) is 0 Å². The molecule has 12 nitrogen and oxygen atoms in total. The van der Waals surface area contributed by atoms with Gasteiger partial charge in [-0.25, -0.2) is 0 Å². The van der Waals surface area contributed by atoms with Gasteiger partial charge in [0.05, 0.1) is 31.0 Å². The molecule has 0 aromatic rings. The molecule has 3 aliphatic rings. The van der Waals surface area contributed by atoms with Crippen molar-refractivity contribution in [3.05, 3.63) is 0 Å². The summed E-state index contributed by atoms with van der Waals surface area (Å²) in [6.07, 6.45) is -12.6. The fourth-order valence-corrected chi connectivity index (χ4v) is 5.25. The summed E-state index contributed by atoms with van der Waals surface area (Å²) < 4.78 is 17.2. The zero-order valence-corrected chi connectivity index (χ0v) is 18.3. The zero-order chi connectivity index (χ0) is 23.9. The van der Waals surface area contributed by atoms with Gasteiger partial charge in [-0.15, -0.1) is 0 Å². The highest BCUT2D eigenvalue weighted by Gasteiger charge is 2.54. The van der Waals surface area contributed by atoms with Crippen LogP contribution < -0.4 is 11.5 Å². The van der Waals surface area contributed by atoms with Crippen LogP contribution in [-0.2, 0) is 14.2 Å². The van der Waals surface area contributed by atoms with Gasteiger partial charge in [-0.2, -0.15) is 0 Å². The van der Waals surface area contributed by atoms with Crippen LogP contribution in [-0.4, -0.2) is 122 Å². The summed E-state index contributed by atoms with van der Waals surface area (Å²) in [6, 6.07) is -1.82. The van der Waals surface area contributed by atoms with E-state index >= 15 is 0 Å². The molecule has 0 bridgehead atoms. The van der Waals surface area contributed by atoms with Crippen molar-refractivity contribution in [1.82, 2.24) is 0 Å². The van der Waals surface area contributed by atoms with Crippen molar-refractivity contribution in [1.29, 1.82) is 0 Å². The van der Waals surface area contributed by atoms with Gasteiger partial charge in [-0.05, 0) is 18.8 Å². The number of ether oxygens (including phenoxy) is 3. The zero-order valence-electron chi connectivity index (χ0n) is 18.3. The van der Waals surface area contributed by atoms with Crippen molar-refractivity contribution < 1.29 is 50.0 Å². The second-order valence-electron chi connectivity index (χ2n) is 9.35. The summed E-state index contributed by atoms with van der Waals surface area (Å²) in [5, 5.41) is 72.1. The van der Waals surface area contributed by atoms with Crippen molar-refractivity contribution in [2.75, 3.05) is 6.61 Å². The maximum atomic E-state index is 11.2. The Morgan fingerprint density at radius 1 is 0.844 bits per heavy atom. The predicted molar refractivity (Wildman–Crippen MR) is 109 cm³/mol. The van der Waals surface area contributed by atoms with Gasteiger partial charge in [0.25, 0.3) is 0 Å². The van der Waals surface area contributed by atoms with Crippen molar-refractivity contribution >= 4 is 0 Å².